The topological polar surface area (TPSA) is 103 Å². The van der Waals surface area contributed by atoms with Crippen molar-refractivity contribution in [3.8, 4) is 0 Å². The first-order valence-corrected chi connectivity index (χ1v) is 6.92. The Morgan fingerprint density at radius 1 is 0.957 bits per heavy atom. The molecule has 7 nitrogen and oxygen atoms in total. The van der Waals surface area contributed by atoms with Gasteiger partial charge in [-0.2, -0.15) is 0 Å². The van der Waals surface area contributed by atoms with Crippen LogP contribution in [-0.4, -0.2) is 22.2 Å². The van der Waals surface area contributed by atoms with Crippen LogP contribution in [0.25, 0.3) is 0 Å². The van der Waals surface area contributed by atoms with E-state index in [1.165, 1.54) is 24.3 Å². The van der Waals surface area contributed by atoms with Gasteiger partial charge in [0, 0.05) is 29.0 Å². The molecule has 0 heterocycles. The molecule has 2 rings (SSSR count). The van der Waals surface area contributed by atoms with Crippen molar-refractivity contribution < 1.29 is 14.6 Å². The van der Waals surface area contributed by atoms with Crippen molar-refractivity contribution in [3.05, 3.63) is 86.0 Å². The van der Waals surface area contributed by atoms with Gasteiger partial charge in [0.15, 0.2) is 5.78 Å². The Kier molecular flexibility index (Phi) is 5.14. The third-order valence-electron chi connectivity index (χ3n) is 3.47. The summed E-state index contributed by atoms with van der Waals surface area (Å²) in [5.74, 6) is -0.815. The molecule has 2 aromatic carbocycles. The summed E-state index contributed by atoms with van der Waals surface area (Å²) in [6.07, 6.45) is -0.0250. The molecule has 0 aliphatic rings. The Hall–Kier alpha value is -3.09. The summed E-state index contributed by atoms with van der Waals surface area (Å²) in [5, 5.41) is 21.5. The minimum absolute atomic E-state index is 0.0250. The van der Waals surface area contributed by atoms with Crippen LogP contribution in [0.2, 0.25) is 0 Å². The number of nitro groups is 2. The number of nitro benzene ring substituents is 1. The first-order valence-electron chi connectivity index (χ1n) is 6.92. The molecule has 0 aliphatic carbocycles. The maximum atomic E-state index is 12.3. The minimum Gasteiger partial charge on any atom is -0.294 e. The van der Waals surface area contributed by atoms with E-state index in [1.54, 1.807) is 30.3 Å². The van der Waals surface area contributed by atoms with Gasteiger partial charge in [-0.3, -0.25) is 25.0 Å². The van der Waals surface area contributed by atoms with Gasteiger partial charge in [-0.25, -0.2) is 0 Å². The second-order valence-electron chi connectivity index (χ2n) is 5.05. The van der Waals surface area contributed by atoms with Gasteiger partial charge in [0.05, 0.1) is 10.8 Å². The average molecular weight is 314 g/mol. The number of rotatable bonds is 7. The number of Topliss-reactive ketones (excluding diaryl/α,β-unsaturated/α-hetero) is 1. The average Bonchev–Trinajstić information content (AvgIpc) is 2.54. The van der Waals surface area contributed by atoms with Crippen molar-refractivity contribution in [1.29, 1.82) is 0 Å². The maximum Gasteiger partial charge on any atom is 0.269 e. The van der Waals surface area contributed by atoms with Crippen molar-refractivity contribution in [2.24, 2.45) is 0 Å². The van der Waals surface area contributed by atoms with E-state index in [1.807, 2.05) is 0 Å². The number of non-ortho nitro benzene ring substituents is 1. The quantitative estimate of drug-likeness (QED) is 0.443. The second-order valence-corrected chi connectivity index (χ2v) is 5.05. The number of nitrogens with zero attached hydrogens (tertiary/aromatic N) is 2. The molecule has 23 heavy (non-hydrogen) atoms. The normalized spacial score (nSPS) is 11.7. The van der Waals surface area contributed by atoms with Gasteiger partial charge in [-0.15, -0.1) is 0 Å². The van der Waals surface area contributed by atoms with Crippen LogP contribution in [-0.2, 0) is 0 Å². The summed E-state index contributed by atoms with van der Waals surface area (Å²) in [7, 11) is 0. The van der Waals surface area contributed by atoms with Crippen LogP contribution in [0, 0.1) is 20.2 Å². The summed E-state index contributed by atoms with van der Waals surface area (Å²) >= 11 is 0. The molecular formula is C16H14N2O5. The van der Waals surface area contributed by atoms with Gasteiger partial charge < -0.3 is 0 Å². The van der Waals surface area contributed by atoms with Crippen LogP contribution in [0.5, 0.6) is 0 Å². The molecule has 0 radical (unpaired) electrons. The maximum absolute atomic E-state index is 12.3. The number of benzene rings is 2. The fraction of sp³-hybridized carbons (Fsp3) is 0.188. The molecule has 2 aromatic rings. The Labute approximate surface area is 131 Å². The molecule has 0 N–H and O–H groups in total. The lowest BCUT2D eigenvalue weighted by atomic mass is 9.91. The zero-order valence-electron chi connectivity index (χ0n) is 12.1. The molecule has 0 fully saturated rings. The first kappa shape index (κ1) is 16.3. The summed E-state index contributed by atoms with van der Waals surface area (Å²) in [5.41, 5.74) is 0.922. The number of hydrogen-bond donors (Lipinski definition) is 0. The van der Waals surface area contributed by atoms with E-state index in [4.69, 9.17) is 0 Å². The van der Waals surface area contributed by atoms with E-state index in [9.17, 15) is 25.0 Å². The smallest absolute Gasteiger partial charge is 0.269 e. The largest absolute Gasteiger partial charge is 0.294 e. The summed E-state index contributed by atoms with van der Waals surface area (Å²) in [4.78, 5) is 32.8. The number of ketones is 1. The van der Waals surface area contributed by atoms with Crippen LogP contribution < -0.4 is 0 Å². The van der Waals surface area contributed by atoms with E-state index in [-0.39, 0.29) is 24.4 Å². The number of hydrogen-bond acceptors (Lipinski definition) is 5. The van der Waals surface area contributed by atoms with Crippen molar-refractivity contribution >= 4 is 11.5 Å². The van der Waals surface area contributed by atoms with Crippen molar-refractivity contribution in [2.75, 3.05) is 6.54 Å². The molecule has 0 saturated carbocycles. The highest BCUT2D eigenvalue weighted by Crippen LogP contribution is 2.23. The Morgan fingerprint density at radius 2 is 1.57 bits per heavy atom. The molecular weight excluding hydrogens is 300 g/mol. The molecule has 0 aliphatic heterocycles. The molecule has 0 unspecified atom stereocenters. The Balaban J connectivity index is 2.17. The van der Waals surface area contributed by atoms with Gasteiger partial charge in [0.25, 0.3) is 5.69 Å². The van der Waals surface area contributed by atoms with E-state index in [0.29, 0.717) is 5.56 Å². The predicted octanol–water partition coefficient (Wildman–Crippen LogP) is 3.23. The van der Waals surface area contributed by atoms with Gasteiger partial charge in [0.1, 0.15) is 0 Å². The first-order chi connectivity index (χ1) is 11.0. The molecule has 0 aromatic heterocycles. The van der Waals surface area contributed by atoms with Gasteiger partial charge in [-0.05, 0) is 17.7 Å². The van der Waals surface area contributed by atoms with E-state index < -0.39 is 15.8 Å². The zero-order valence-corrected chi connectivity index (χ0v) is 12.1. The predicted molar refractivity (Wildman–Crippen MR) is 83.1 cm³/mol. The standard InChI is InChI=1S/C16H14N2O5/c19-16(13-6-8-15(9-7-13)18(22)23)10-14(11-17(20)21)12-4-2-1-3-5-12/h1-9,14H,10-11H2/t14-/m1/s1. The highest BCUT2D eigenvalue weighted by atomic mass is 16.6. The lowest BCUT2D eigenvalue weighted by molar-refractivity contribution is -0.483. The third kappa shape index (κ3) is 4.44. The van der Waals surface area contributed by atoms with Crippen molar-refractivity contribution in [2.45, 2.75) is 12.3 Å². The highest BCUT2D eigenvalue weighted by molar-refractivity contribution is 5.96. The summed E-state index contributed by atoms with van der Waals surface area (Å²) < 4.78 is 0. The fourth-order valence-corrected chi connectivity index (χ4v) is 2.30. The number of carbonyl (C=O) groups excluding carboxylic acids is 1. The van der Waals surface area contributed by atoms with Crippen LogP contribution in [0.3, 0.4) is 0 Å². The molecule has 0 spiro atoms. The second kappa shape index (κ2) is 7.26. The van der Waals surface area contributed by atoms with E-state index >= 15 is 0 Å². The molecule has 0 saturated heterocycles. The number of carbonyl (C=O) groups is 1. The molecule has 0 amide bonds. The SMILES string of the molecule is O=C(C[C@H](C[N+](=O)[O-])c1ccccc1)c1ccc([N+](=O)[O-])cc1. The van der Waals surface area contributed by atoms with Crippen LogP contribution >= 0.6 is 0 Å². The molecule has 7 heteroatoms. The Morgan fingerprint density at radius 3 is 2.09 bits per heavy atom. The lowest BCUT2D eigenvalue weighted by Crippen LogP contribution is -2.16. The van der Waals surface area contributed by atoms with Crippen molar-refractivity contribution in [3.63, 3.8) is 0 Å². The van der Waals surface area contributed by atoms with Crippen LogP contribution in [0.15, 0.2) is 54.6 Å². The van der Waals surface area contributed by atoms with Crippen LogP contribution in [0.1, 0.15) is 28.3 Å². The van der Waals surface area contributed by atoms with Gasteiger partial charge >= 0.3 is 0 Å². The van der Waals surface area contributed by atoms with Gasteiger partial charge in [0.2, 0.25) is 6.54 Å². The summed E-state index contributed by atoms with van der Waals surface area (Å²) in [6, 6.07) is 14.1. The van der Waals surface area contributed by atoms with E-state index in [0.717, 1.165) is 5.56 Å². The highest BCUT2D eigenvalue weighted by Gasteiger charge is 2.22. The van der Waals surface area contributed by atoms with Crippen LogP contribution in [0.4, 0.5) is 5.69 Å². The molecule has 0 bridgehead atoms. The minimum atomic E-state index is -0.548. The lowest BCUT2D eigenvalue weighted by Gasteiger charge is -2.12. The molecule has 118 valence electrons. The van der Waals surface area contributed by atoms with Gasteiger partial charge in [-0.1, -0.05) is 30.3 Å². The zero-order chi connectivity index (χ0) is 16.8. The fourth-order valence-electron chi connectivity index (χ4n) is 2.30. The van der Waals surface area contributed by atoms with E-state index in [2.05, 4.69) is 0 Å². The molecule has 1 atom stereocenters. The monoisotopic (exact) mass is 314 g/mol. The van der Waals surface area contributed by atoms with Crippen molar-refractivity contribution in [1.82, 2.24) is 0 Å². The summed E-state index contributed by atoms with van der Waals surface area (Å²) in [6.45, 7) is -0.345. The Bertz CT molecular complexity index is 713. The third-order valence-corrected chi connectivity index (χ3v) is 3.47.